The van der Waals surface area contributed by atoms with E-state index < -0.39 is 5.97 Å². The molecular weight excluding hydrogens is 376 g/mol. The van der Waals surface area contributed by atoms with Gasteiger partial charge in [0.25, 0.3) is 0 Å². The Labute approximate surface area is 171 Å². The van der Waals surface area contributed by atoms with Gasteiger partial charge in [-0.05, 0) is 77.0 Å². The van der Waals surface area contributed by atoms with Gasteiger partial charge in [0.15, 0.2) is 0 Å². The van der Waals surface area contributed by atoms with Crippen molar-refractivity contribution < 1.29 is 13.9 Å². The lowest BCUT2D eigenvalue weighted by Gasteiger charge is -2.40. The van der Waals surface area contributed by atoms with Crippen LogP contribution in [0.15, 0.2) is 22.6 Å². The highest BCUT2D eigenvalue weighted by molar-refractivity contribution is 6.31. The van der Waals surface area contributed by atoms with Gasteiger partial charge in [-0.15, -0.1) is 0 Å². The molecule has 2 aliphatic heterocycles. The topological polar surface area (TPSA) is 45.9 Å². The van der Waals surface area contributed by atoms with Crippen LogP contribution in [0.1, 0.15) is 55.1 Å². The maximum absolute atomic E-state index is 12.4. The Morgan fingerprint density at radius 2 is 1.93 bits per heavy atom. The molecule has 0 unspecified atom stereocenters. The Hall–Kier alpha value is -1.56. The number of piperidine rings is 2. The van der Waals surface area contributed by atoms with Gasteiger partial charge >= 0.3 is 5.97 Å². The van der Waals surface area contributed by atoms with Crippen LogP contribution in [0.25, 0.3) is 11.0 Å². The Morgan fingerprint density at radius 1 is 1.18 bits per heavy atom. The molecule has 6 heteroatoms. The molecule has 0 aliphatic carbocycles. The van der Waals surface area contributed by atoms with E-state index in [1.165, 1.54) is 45.2 Å². The summed E-state index contributed by atoms with van der Waals surface area (Å²) in [6.07, 6.45) is 6.43. The molecule has 2 saturated heterocycles. The molecule has 2 aliphatic rings. The highest BCUT2D eigenvalue weighted by Gasteiger charge is 2.28. The van der Waals surface area contributed by atoms with Crippen molar-refractivity contribution in [2.75, 3.05) is 32.8 Å². The maximum atomic E-state index is 12.4. The third kappa shape index (κ3) is 4.22. The van der Waals surface area contributed by atoms with E-state index in [1.54, 1.807) is 6.07 Å². The van der Waals surface area contributed by atoms with E-state index in [9.17, 15) is 4.79 Å². The van der Waals surface area contributed by atoms with E-state index in [2.05, 4.69) is 9.80 Å². The van der Waals surface area contributed by atoms with Crippen molar-refractivity contribution in [3.05, 3.63) is 34.5 Å². The van der Waals surface area contributed by atoms with Crippen molar-refractivity contribution in [1.29, 1.82) is 0 Å². The summed E-state index contributed by atoms with van der Waals surface area (Å²) in [7, 11) is 0. The van der Waals surface area contributed by atoms with E-state index in [0.29, 0.717) is 35.6 Å². The highest BCUT2D eigenvalue weighted by atomic mass is 35.5. The maximum Gasteiger partial charge on any atom is 0.374 e. The largest absolute Gasteiger partial charge is 0.460 e. The minimum atomic E-state index is -0.395. The molecule has 0 bridgehead atoms. The molecule has 2 aromatic rings. The van der Waals surface area contributed by atoms with Crippen LogP contribution >= 0.6 is 11.6 Å². The number of halogens is 1. The van der Waals surface area contributed by atoms with Gasteiger partial charge in [0, 0.05) is 28.6 Å². The monoisotopic (exact) mass is 404 g/mol. The number of hydrogen-bond donors (Lipinski definition) is 0. The second-order valence-corrected chi connectivity index (χ2v) is 8.31. The van der Waals surface area contributed by atoms with Gasteiger partial charge in [0.1, 0.15) is 5.58 Å². The molecule has 0 N–H and O–H groups in total. The molecule has 0 radical (unpaired) electrons. The smallest absolute Gasteiger partial charge is 0.374 e. The molecule has 0 saturated carbocycles. The fourth-order valence-electron chi connectivity index (χ4n) is 4.59. The average molecular weight is 405 g/mol. The molecule has 152 valence electrons. The van der Waals surface area contributed by atoms with E-state index in [-0.39, 0.29) is 0 Å². The molecular formula is C22H29ClN2O3. The zero-order chi connectivity index (χ0) is 19.5. The summed E-state index contributed by atoms with van der Waals surface area (Å²) >= 11 is 6.21. The first-order chi connectivity index (χ1) is 13.7. The van der Waals surface area contributed by atoms with Crippen LogP contribution in [0, 0.1) is 0 Å². The number of furan rings is 1. The number of ether oxygens (including phenoxy) is 1. The summed E-state index contributed by atoms with van der Waals surface area (Å²) in [5.41, 5.74) is 1.58. The Kier molecular flexibility index (Phi) is 6.24. The van der Waals surface area contributed by atoms with Gasteiger partial charge in [-0.2, -0.15) is 0 Å². The van der Waals surface area contributed by atoms with E-state index in [0.717, 1.165) is 24.0 Å². The summed E-state index contributed by atoms with van der Waals surface area (Å²) in [5.74, 6) is -0.0784. The van der Waals surface area contributed by atoms with Gasteiger partial charge < -0.3 is 14.1 Å². The fourth-order valence-corrected chi connectivity index (χ4v) is 4.76. The molecule has 1 aromatic carbocycles. The third-order valence-electron chi connectivity index (χ3n) is 6.06. The van der Waals surface area contributed by atoms with Crippen molar-refractivity contribution in [1.82, 2.24) is 9.80 Å². The fraction of sp³-hybridized carbons (Fsp3) is 0.591. The molecule has 0 amide bonds. The third-order valence-corrected chi connectivity index (χ3v) is 6.29. The molecule has 4 rings (SSSR count). The number of hydrogen-bond acceptors (Lipinski definition) is 5. The van der Waals surface area contributed by atoms with Crippen molar-refractivity contribution >= 4 is 28.5 Å². The predicted octanol–water partition coefficient (Wildman–Crippen LogP) is 4.71. The van der Waals surface area contributed by atoms with Crippen LogP contribution in [0.5, 0.6) is 0 Å². The summed E-state index contributed by atoms with van der Waals surface area (Å²) in [6.45, 7) is 7.41. The lowest BCUT2D eigenvalue weighted by atomic mass is 9.99. The zero-order valence-corrected chi connectivity index (χ0v) is 17.3. The molecule has 3 heterocycles. The minimum absolute atomic E-state index is 0.317. The lowest BCUT2D eigenvalue weighted by Crippen LogP contribution is -2.46. The Morgan fingerprint density at radius 3 is 2.64 bits per heavy atom. The molecule has 1 aromatic heterocycles. The van der Waals surface area contributed by atoms with Gasteiger partial charge in [0.05, 0.1) is 6.61 Å². The number of rotatable bonds is 5. The number of likely N-dealkylation sites (tertiary alicyclic amines) is 2. The van der Waals surface area contributed by atoms with Crippen LogP contribution in [-0.2, 0) is 11.3 Å². The first-order valence-electron chi connectivity index (χ1n) is 10.5. The molecule has 2 fully saturated rings. The van der Waals surface area contributed by atoms with Crippen molar-refractivity contribution in [3.8, 4) is 0 Å². The zero-order valence-electron chi connectivity index (χ0n) is 16.6. The average Bonchev–Trinajstić information content (AvgIpc) is 3.07. The quantitative estimate of drug-likeness (QED) is 0.675. The summed E-state index contributed by atoms with van der Waals surface area (Å²) in [4.78, 5) is 17.5. The first kappa shape index (κ1) is 19.7. The van der Waals surface area contributed by atoms with Crippen molar-refractivity contribution in [3.63, 3.8) is 0 Å². The number of esters is 1. The van der Waals surface area contributed by atoms with Crippen molar-refractivity contribution in [2.24, 2.45) is 0 Å². The summed E-state index contributed by atoms with van der Waals surface area (Å²) in [5, 5.41) is 1.56. The van der Waals surface area contributed by atoms with Crippen LogP contribution in [0.3, 0.4) is 0 Å². The molecule has 5 nitrogen and oxygen atoms in total. The minimum Gasteiger partial charge on any atom is -0.460 e. The van der Waals surface area contributed by atoms with E-state index in [1.807, 2.05) is 19.1 Å². The van der Waals surface area contributed by atoms with E-state index in [4.69, 9.17) is 20.8 Å². The summed E-state index contributed by atoms with van der Waals surface area (Å²) in [6, 6.07) is 6.21. The lowest BCUT2D eigenvalue weighted by molar-refractivity contribution is 0.0487. The second kappa shape index (κ2) is 8.85. The Bertz CT molecular complexity index is 821. The van der Waals surface area contributed by atoms with Gasteiger partial charge in [-0.25, -0.2) is 4.79 Å². The van der Waals surface area contributed by atoms with Crippen LogP contribution < -0.4 is 0 Å². The number of benzene rings is 1. The number of fused-ring (bicyclic) bond motifs is 1. The highest BCUT2D eigenvalue weighted by Crippen LogP contribution is 2.31. The van der Waals surface area contributed by atoms with Gasteiger partial charge in [0.2, 0.25) is 5.76 Å². The first-order valence-corrected chi connectivity index (χ1v) is 10.9. The second-order valence-electron chi connectivity index (χ2n) is 7.87. The predicted molar refractivity (Wildman–Crippen MR) is 111 cm³/mol. The SMILES string of the molecule is CCOC(=O)c1oc2ccc(Cl)cc2c1CN1CCC(N2CCCCC2)CC1. The number of carbonyl (C=O) groups is 1. The van der Waals surface area contributed by atoms with Crippen LogP contribution in [0.2, 0.25) is 5.02 Å². The normalized spacial score (nSPS) is 19.9. The summed E-state index contributed by atoms with van der Waals surface area (Å²) < 4.78 is 11.1. The molecule has 28 heavy (non-hydrogen) atoms. The molecule has 0 spiro atoms. The van der Waals surface area contributed by atoms with Crippen LogP contribution in [0.4, 0.5) is 0 Å². The Balaban J connectivity index is 1.50. The van der Waals surface area contributed by atoms with Crippen LogP contribution in [-0.4, -0.2) is 54.6 Å². The standard InChI is InChI=1S/C22H29ClN2O3/c1-2-27-22(26)21-19(18-14-16(23)6-7-20(18)28-21)15-24-12-8-17(9-13-24)25-10-4-3-5-11-25/h6-7,14,17H,2-5,8-13,15H2,1H3. The van der Waals surface area contributed by atoms with Crippen molar-refractivity contribution in [2.45, 2.75) is 51.6 Å². The molecule has 0 atom stereocenters. The number of nitrogens with zero attached hydrogens (tertiary/aromatic N) is 2. The van der Waals surface area contributed by atoms with E-state index >= 15 is 0 Å². The number of carbonyl (C=O) groups excluding carboxylic acids is 1. The van der Waals surface area contributed by atoms with Gasteiger partial charge in [-0.3, -0.25) is 4.90 Å². The van der Waals surface area contributed by atoms with Gasteiger partial charge in [-0.1, -0.05) is 18.0 Å².